The van der Waals surface area contributed by atoms with Gasteiger partial charge in [-0.2, -0.15) is 0 Å². The van der Waals surface area contributed by atoms with E-state index >= 15 is 0 Å². The van der Waals surface area contributed by atoms with E-state index in [1.54, 1.807) is 12.1 Å². The number of Topliss-reactive ketones (excluding diaryl/α,β-unsaturated/α-hetero) is 2. The van der Waals surface area contributed by atoms with Crippen molar-refractivity contribution >= 4 is 25.9 Å². The number of benzene rings is 2. The molecule has 0 saturated carbocycles. The molecule has 142 valence electrons. The van der Waals surface area contributed by atoms with Crippen molar-refractivity contribution in [3.63, 3.8) is 0 Å². The molecule has 0 radical (unpaired) electrons. The van der Waals surface area contributed by atoms with Gasteiger partial charge in [-0.3, -0.25) is 9.59 Å². The Bertz CT molecular complexity index is 1010. The van der Waals surface area contributed by atoms with E-state index < -0.39 is 5.71 Å². The summed E-state index contributed by atoms with van der Waals surface area (Å²) in [7, 11) is -0.163. The first-order valence-corrected chi connectivity index (χ1v) is 10.2. The molecule has 1 heterocycles. The van der Waals surface area contributed by atoms with Crippen LogP contribution in [0.1, 0.15) is 44.7 Å². The molecule has 0 spiro atoms. The van der Waals surface area contributed by atoms with Gasteiger partial charge in [-0.15, -0.1) is 0 Å². The van der Waals surface area contributed by atoms with Crippen molar-refractivity contribution < 1.29 is 23.9 Å². The number of ketones is 2. The second-order valence-corrected chi connectivity index (χ2v) is 7.90. The Morgan fingerprint density at radius 2 is 1.96 bits per heavy atom. The minimum absolute atomic E-state index is 0.163. The molecule has 0 N–H and O–H groups in total. The second-order valence-electron chi connectivity index (χ2n) is 6.79. The summed E-state index contributed by atoms with van der Waals surface area (Å²) in [5.41, 5.74) is 4.71. The number of ether oxygens (including phenoxy) is 2. The zero-order valence-electron chi connectivity index (χ0n) is 15.2. The Labute approximate surface area is 164 Å². The van der Waals surface area contributed by atoms with Crippen molar-refractivity contribution in [1.29, 1.82) is 0 Å². The first-order chi connectivity index (χ1) is 13.6. The van der Waals surface area contributed by atoms with Crippen LogP contribution in [-0.2, 0) is 17.8 Å². The molecule has 6 heteroatoms. The van der Waals surface area contributed by atoms with Crippen LogP contribution in [0.2, 0.25) is 0 Å². The summed E-state index contributed by atoms with van der Waals surface area (Å²) < 4.78 is 10.8. The van der Waals surface area contributed by atoms with Gasteiger partial charge in [-0.05, 0) is 47.7 Å². The van der Waals surface area contributed by atoms with Gasteiger partial charge in [0.25, 0.3) is 0 Å². The van der Waals surface area contributed by atoms with Crippen LogP contribution in [0.15, 0.2) is 42.7 Å². The van der Waals surface area contributed by atoms with E-state index in [2.05, 4.69) is 6.58 Å². The highest BCUT2D eigenvalue weighted by atomic mass is 31.1. The van der Waals surface area contributed by atoms with Gasteiger partial charge >= 0.3 is 5.71 Å². The number of hydrogen-bond acceptors (Lipinski definition) is 5. The van der Waals surface area contributed by atoms with Gasteiger partial charge in [0.2, 0.25) is 0 Å². The zero-order valence-corrected chi connectivity index (χ0v) is 16.2. The molecule has 5 nitrogen and oxygen atoms in total. The number of aryl methyl sites for hydroxylation is 1. The predicted octanol–water partition coefficient (Wildman–Crippen LogP) is 4.91. The summed E-state index contributed by atoms with van der Waals surface area (Å²) in [5, 5.41) is 0. The molecular formula is C22H19O5P. The van der Waals surface area contributed by atoms with Crippen molar-refractivity contribution in [2.45, 2.75) is 25.9 Å². The van der Waals surface area contributed by atoms with E-state index in [0.29, 0.717) is 24.3 Å². The number of hydrogen-bond donors (Lipinski definition) is 0. The Balaban J connectivity index is 1.60. The SMILES string of the molecule is C=CPC(=O)OCC(=O)c1ccc2c(c1)COc1cc3c(cc1-2)CCCC3=O. The lowest BCUT2D eigenvalue weighted by Crippen LogP contribution is -2.15. The van der Waals surface area contributed by atoms with Crippen LogP contribution in [0.5, 0.6) is 5.75 Å². The predicted molar refractivity (Wildman–Crippen MR) is 108 cm³/mol. The van der Waals surface area contributed by atoms with Crippen LogP contribution in [0.4, 0.5) is 4.79 Å². The Hall–Kier alpha value is -2.78. The maximum atomic E-state index is 12.3. The molecule has 0 bridgehead atoms. The number of fused-ring (bicyclic) bond motifs is 4. The largest absolute Gasteiger partial charge is 0.488 e. The Morgan fingerprint density at radius 1 is 1.11 bits per heavy atom. The Morgan fingerprint density at radius 3 is 2.79 bits per heavy atom. The summed E-state index contributed by atoms with van der Waals surface area (Å²) in [4.78, 5) is 35.9. The fraction of sp³-hybridized carbons (Fsp3) is 0.227. The smallest absolute Gasteiger partial charge is 0.327 e. The lowest BCUT2D eigenvalue weighted by atomic mass is 9.86. The molecule has 2 aliphatic rings. The van der Waals surface area contributed by atoms with E-state index in [1.807, 2.05) is 18.2 Å². The van der Waals surface area contributed by atoms with Crippen LogP contribution >= 0.6 is 8.58 Å². The maximum absolute atomic E-state index is 12.3. The highest BCUT2D eigenvalue weighted by Gasteiger charge is 2.25. The fourth-order valence-electron chi connectivity index (χ4n) is 3.64. The average Bonchev–Trinajstić information content (AvgIpc) is 2.71. The molecule has 1 aliphatic heterocycles. The molecule has 2 aromatic carbocycles. The maximum Gasteiger partial charge on any atom is 0.327 e. The molecule has 0 amide bonds. The van der Waals surface area contributed by atoms with E-state index in [0.717, 1.165) is 40.7 Å². The van der Waals surface area contributed by atoms with Crippen LogP contribution in [0.25, 0.3) is 11.1 Å². The van der Waals surface area contributed by atoms with Crippen molar-refractivity contribution in [3.8, 4) is 16.9 Å². The zero-order chi connectivity index (χ0) is 19.7. The molecular weight excluding hydrogens is 375 g/mol. The van der Waals surface area contributed by atoms with Gasteiger partial charge in [0, 0.05) is 31.7 Å². The van der Waals surface area contributed by atoms with Gasteiger partial charge in [-0.1, -0.05) is 24.5 Å². The monoisotopic (exact) mass is 394 g/mol. The molecule has 2 aromatic rings. The van der Waals surface area contributed by atoms with Crippen molar-refractivity contribution in [2.24, 2.45) is 0 Å². The lowest BCUT2D eigenvalue weighted by Gasteiger charge is -2.25. The fourth-order valence-corrected chi connectivity index (χ4v) is 3.96. The van der Waals surface area contributed by atoms with Gasteiger partial charge < -0.3 is 9.47 Å². The molecule has 1 aliphatic carbocycles. The first-order valence-electron chi connectivity index (χ1n) is 9.10. The number of carbonyl (C=O) groups is 3. The number of carbonyl (C=O) groups excluding carboxylic acids is 3. The van der Waals surface area contributed by atoms with E-state index in [-0.39, 0.29) is 26.8 Å². The van der Waals surface area contributed by atoms with Crippen molar-refractivity contribution in [3.05, 3.63) is 65.0 Å². The van der Waals surface area contributed by atoms with Gasteiger partial charge in [0.15, 0.2) is 18.2 Å². The molecule has 4 rings (SSSR count). The summed E-state index contributed by atoms with van der Waals surface area (Å²) in [6.07, 6.45) is 2.35. The molecule has 1 atom stereocenters. The minimum atomic E-state index is -0.446. The van der Waals surface area contributed by atoms with Gasteiger partial charge in [0.1, 0.15) is 12.4 Å². The van der Waals surface area contributed by atoms with Crippen LogP contribution in [-0.4, -0.2) is 23.9 Å². The third-order valence-electron chi connectivity index (χ3n) is 5.01. The normalized spacial score (nSPS) is 14.6. The third-order valence-corrected chi connectivity index (χ3v) is 5.59. The molecule has 1 unspecified atom stereocenters. The van der Waals surface area contributed by atoms with Crippen LogP contribution < -0.4 is 4.74 Å². The van der Waals surface area contributed by atoms with E-state index in [9.17, 15) is 14.4 Å². The van der Waals surface area contributed by atoms with E-state index in [1.165, 1.54) is 5.82 Å². The number of rotatable bonds is 5. The van der Waals surface area contributed by atoms with Crippen LogP contribution in [0.3, 0.4) is 0 Å². The standard InChI is InChI=1S/C22H19O5P/c1-2-28-22(25)27-12-20(24)14-6-7-16-15(8-14)11-26-21-10-17-13(9-18(16)21)4-3-5-19(17)23/h2,6-10,28H,1,3-5,11-12H2. The summed E-state index contributed by atoms with van der Waals surface area (Å²) in [5.74, 6) is 2.09. The summed E-state index contributed by atoms with van der Waals surface area (Å²) >= 11 is 0. The van der Waals surface area contributed by atoms with E-state index in [4.69, 9.17) is 9.47 Å². The quantitative estimate of drug-likeness (QED) is 0.533. The minimum Gasteiger partial charge on any atom is -0.488 e. The van der Waals surface area contributed by atoms with Crippen molar-refractivity contribution in [2.75, 3.05) is 6.61 Å². The third kappa shape index (κ3) is 3.50. The summed E-state index contributed by atoms with van der Waals surface area (Å²) in [6, 6.07) is 9.32. The second kappa shape index (κ2) is 7.69. The van der Waals surface area contributed by atoms with Gasteiger partial charge in [-0.25, -0.2) is 4.79 Å². The first kappa shape index (κ1) is 18.6. The average molecular weight is 394 g/mol. The van der Waals surface area contributed by atoms with Crippen LogP contribution in [0, 0.1) is 0 Å². The van der Waals surface area contributed by atoms with Crippen molar-refractivity contribution in [1.82, 2.24) is 0 Å². The molecule has 0 saturated heterocycles. The highest BCUT2D eigenvalue weighted by Crippen LogP contribution is 2.41. The summed E-state index contributed by atoms with van der Waals surface area (Å²) in [6.45, 7) is 3.52. The highest BCUT2D eigenvalue weighted by molar-refractivity contribution is 7.60. The molecule has 0 aromatic heterocycles. The lowest BCUT2D eigenvalue weighted by molar-refractivity contribution is 0.0876. The topological polar surface area (TPSA) is 69.7 Å². The Kier molecular flexibility index (Phi) is 5.10. The molecule has 0 fully saturated rings. The van der Waals surface area contributed by atoms with Gasteiger partial charge in [0.05, 0.1) is 0 Å². The molecule has 28 heavy (non-hydrogen) atoms.